The number of benzene rings is 3. The second-order valence-electron chi connectivity index (χ2n) is 9.76. The molecule has 43 heavy (non-hydrogen) atoms. The molecule has 11 heteroatoms. The molecule has 0 amide bonds. The number of hydrogen-bond donors (Lipinski definition) is 0. The number of carbonyl (C=O) groups is 1. The van der Waals surface area contributed by atoms with Gasteiger partial charge in [0.25, 0.3) is 5.56 Å². The molecule has 0 unspecified atom stereocenters. The van der Waals surface area contributed by atoms with Gasteiger partial charge in [0.2, 0.25) is 0 Å². The normalized spacial score (nSPS) is 14.8. The van der Waals surface area contributed by atoms with Gasteiger partial charge in [0.15, 0.2) is 16.3 Å². The number of thiazole rings is 1. The highest BCUT2D eigenvalue weighted by Gasteiger charge is 2.33. The van der Waals surface area contributed by atoms with Gasteiger partial charge in [-0.1, -0.05) is 86.4 Å². The van der Waals surface area contributed by atoms with Gasteiger partial charge in [-0.15, -0.1) is 0 Å². The van der Waals surface area contributed by atoms with Crippen LogP contribution in [-0.2, 0) is 16.1 Å². The number of aromatic nitrogens is 1. The third-order valence-electron chi connectivity index (χ3n) is 6.88. The van der Waals surface area contributed by atoms with Gasteiger partial charge < -0.3 is 14.2 Å². The van der Waals surface area contributed by atoms with E-state index in [-0.39, 0.29) is 18.8 Å². The summed E-state index contributed by atoms with van der Waals surface area (Å²) in [5, 5.41) is 1.05. The average molecular weight is 702 g/mol. The van der Waals surface area contributed by atoms with Crippen LogP contribution < -0.4 is 24.4 Å². The molecule has 0 N–H and O–H groups in total. The Labute approximate surface area is 270 Å². The quantitative estimate of drug-likeness (QED) is 0.190. The highest BCUT2D eigenvalue weighted by Crippen LogP contribution is 2.35. The van der Waals surface area contributed by atoms with Crippen LogP contribution in [0.1, 0.15) is 42.1 Å². The predicted octanol–water partition coefficient (Wildman–Crippen LogP) is 6.76. The van der Waals surface area contributed by atoms with Gasteiger partial charge in [-0.25, -0.2) is 9.79 Å². The van der Waals surface area contributed by atoms with Gasteiger partial charge in [-0.05, 0) is 62.2 Å². The molecule has 222 valence electrons. The monoisotopic (exact) mass is 700 g/mol. The first kappa shape index (κ1) is 31.1. The van der Waals surface area contributed by atoms with Crippen LogP contribution in [0.5, 0.6) is 11.5 Å². The molecular weight excluding hydrogens is 675 g/mol. The minimum absolute atomic E-state index is 0.206. The summed E-state index contributed by atoms with van der Waals surface area (Å²) in [5.41, 5.74) is 3.92. The van der Waals surface area contributed by atoms with Gasteiger partial charge in [-0.3, -0.25) is 9.36 Å². The van der Waals surface area contributed by atoms with E-state index in [1.807, 2.05) is 31.2 Å². The molecule has 0 fully saturated rings. The molecule has 0 radical (unpaired) electrons. The smallest absolute Gasteiger partial charge is 0.338 e. The van der Waals surface area contributed by atoms with Crippen molar-refractivity contribution in [2.24, 2.45) is 4.99 Å². The lowest BCUT2D eigenvalue weighted by Gasteiger charge is -2.24. The van der Waals surface area contributed by atoms with E-state index in [2.05, 4.69) is 20.9 Å². The second kappa shape index (κ2) is 13.1. The van der Waals surface area contributed by atoms with Gasteiger partial charge in [0, 0.05) is 20.1 Å². The molecule has 2 heterocycles. The van der Waals surface area contributed by atoms with Crippen LogP contribution in [0.15, 0.2) is 80.1 Å². The van der Waals surface area contributed by atoms with E-state index in [0.717, 1.165) is 16.7 Å². The van der Waals surface area contributed by atoms with Crippen molar-refractivity contribution in [2.45, 2.75) is 33.4 Å². The van der Waals surface area contributed by atoms with E-state index < -0.39 is 12.0 Å². The Morgan fingerprint density at radius 3 is 2.51 bits per heavy atom. The summed E-state index contributed by atoms with van der Waals surface area (Å²) in [5.74, 6) is 0.477. The number of carbonyl (C=O) groups excluding carboxylic acids is 1. The first-order valence-electron chi connectivity index (χ1n) is 13.3. The molecule has 4 aromatic rings. The molecule has 1 aromatic heterocycles. The van der Waals surface area contributed by atoms with Crippen LogP contribution >= 0.6 is 50.5 Å². The van der Waals surface area contributed by atoms with Crippen molar-refractivity contribution in [3.8, 4) is 11.5 Å². The van der Waals surface area contributed by atoms with Crippen molar-refractivity contribution < 1.29 is 19.0 Å². The van der Waals surface area contributed by atoms with E-state index in [0.29, 0.717) is 52.2 Å². The summed E-state index contributed by atoms with van der Waals surface area (Å²) < 4.78 is 19.7. The first-order valence-corrected chi connectivity index (χ1v) is 15.7. The Balaban J connectivity index is 1.57. The van der Waals surface area contributed by atoms with Gasteiger partial charge in [0.05, 0.1) is 35.6 Å². The molecule has 0 aliphatic carbocycles. The third kappa shape index (κ3) is 6.45. The van der Waals surface area contributed by atoms with Crippen molar-refractivity contribution in [3.05, 3.63) is 122 Å². The summed E-state index contributed by atoms with van der Waals surface area (Å²) in [6.07, 6.45) is 1.77. The molecule has 1 aliphatic rings. The van der Waals surface area contributed by atoms with Crippen LogP contribution in [0.4, 0.5) is 0 Å². The van der Waals surface area contributed by atoms with Gasteiger partial charge in [-0.2, -0.15) is 0 Å². The summed E-state index contributed by atoms with van der Waals surface area (Å²) in [4.78, 5) is 32.2. The molecule has 0 saturated carbocycles. The minimum atomic E-state index is -0.675. The number of ether oxygens (including phenoxy) is 3. The molecule has 1 aliphatic heterocycles. The number of nitrogens with zero attached hydrogens (tertiary/aromatic N) is 2. The lowest BCUT2D eigenvalue weighted by atomic mass is 9.95. The number of aryl methyl sites for hydroxylation is 1. The first-order chi connectivity index (χ1) is 20.6. The van der Waals surface area contributed by atoms with E-state index in [1.165, 1.54) is 11.3 Å². The van der Waals surface area contributed by atoms with Crippen molar-refractivity contribution in [2.75, 3.05) is 13.7 Å². The molecule has 0 saturated heterocycles. The largest absolute Gasteiger partial charge is 0.493 e. The fourth-order valence-electron chi connectivity index (χ4n) is 4.72. The van der Waals surface area contributed by atoms with E-state index in [9.17, 15) is 9.59 Å². The Bertz CT molecular complexity index is 1930. The number of rotatable bonds is 8. The Morgan fingerprint density at radius 2 is 1.84 bits per heavy atom. The van der Waals surface area contributed by atoms with Crippen LogP contribution in [-0.4, -0.2) is 24.3 Å². The fourth-order valence-corrected chi connectivity index (χ4v) is 6.66. The van der Waals surface area contributed by atoms with Crippen molar-refractivity contribution in [1.82, 2.24) is 4.57 Å². The third-order valence-corrected chi connectivity index (χ3v) is 9.13. The minimum Gasteiger partial charge on any atom is -0.493 e. The van der Waals surface area contributed by atoms with E-state index in [1.54, 1.807) is 61.9 Å². The predicted molar refractivity (Wildman–Crippen MR) is 173 cm³/mol. The Kier molecular flexibility index (Phi) is 9.46. The molecule has 7 nitrogen and oxygen atoms in total. The summed E-state index contributed by atoms with van der Waals surface area (Å²) in [6, 6.07) is 15.9. The molecule has 5 rings (SSSR count). The zero-order valence-corrected chi connectivity index (χ0v) is 27.7. The van der Waals surface area contributed by atoms with Crippen LogP contribution in [0, 0.1) is 6.92 Å². The lowest BCUT2D eigenvalue weighted by Crippen LogP contribution is -2.39. The maximum atomic E-state index is 14.0. The van der Waals surface area contributed by atoms with Crippen molar-refractivity contribution >= 4 is 62.5 Å². The fraction of sp³-hybridized carbons (Fsp3) is 0.219. The standard InChI is InChI=1S/C32H27BrCl2N2O5S/c1-5-41-31(39)28-18(3)36-32-37(29(28)19-8-6-17(2)7-9-19)30(38)27(43-32)13-21-12-25(40-4)26(15-23(21)33)42-16-20-10-11-22(34)14-24(20)35/h6-15,29H,5,16H2,1-4H3/b27-13+/t29-/m0/s1. The second-order valence-corrected chi connectivity index (χ2v) is 12.5. The van der Waals surface area contributed by atoms with Gasteiger partial charge >= 0.3 is 5.97 Å². The summed E-state index contributed by atoms with van der Waals surface area (Å²) in [7, 11) is 1.55. The van der Waals surface area contributed by atoms with Crippen molar-refractivity contribution in [1.29, 1.82) is 0 Å². The molecule has 1 atom stereocenters. The summed E-state index contributed by atoms with van der Waals surface area (Å²) >= 11 is 17.2. The molecule has 0 bridgehead atoms. The Hall–Kier alpha value is -3.37. The zero-order valence-electron chi connectivity index (χ0n) is 23.7. The number of halogens is 3. The number of esters is 1. The number of fused-ring (bicyclic) bond motifs is 1. The highest BCUT2D eigenvalue weighted by atomic mass is 79.9. The number of hydrogen-bond acceptors (Lipinski definition) is 7. The number of methoxy groups -OCH3 is 1. The molecule has 0 spiro atoms. The maximum absolute atomic E-state index is 14.0. The Morgan fingerprint density at radius 1 is 1.09 bits per heavy atom. The lowest BCUT2D eigenvalue weighted by molar-refractivity contribution is -0.139. The molecule has 3 aromatic carbocycles. The topological polar surface area (TPSA) is 79.1 Å². The van der Waals surface area contributed by atoms with Crippen molar-refractivity contribution in [3.63, 3.8) is 0 Å². The molecular formula is C32H27BrCl2N2O5S. The zero-order chi connectivity index (χ0) is 30.8. The maximum Gasteiger partial charge on any atom is 0.338 e. The van der Waals surface area contributed by atoms with Crippen LogP contribution in [0.2, 0.25) is 10.0 Å². The highest BCUT2D eigenvalue weighted by molar-refractivity contribution is 9.10. The summed E-state index contributed by atoms with van der Waals surface area (Å²) in [6.45, 7) is 5.92. The van der Waals surface area contributed by atoms with Crippen LogP contribution in [0.3, 0.4) is 0 Å². The van der Waals surface area contributed by atoms with E-state index in [4.69, 9.17) is 37.4 Å². The van der Waals surface area contributed by atoms with Gasteiger partial charge in [0.1, 0.15) is 6.61 Å². The SMILES string of the molecule is CCOC(=O)C1=C(C)N=c2s/c(=C/c3cc(OC)c(OCc4ccc(Cl)cc4Cl)cc3Br)c(=O)n2[C@H]1c1ccc(C)cc1. The van der Waals surface area contributed by atoms with Crippen LogP contribution in [0.25, 0.3) is 6.08 Å². The average Bonchev–Trinajstić information content (AvgIpc) is 3.27. The number of allylic oxidation sites excluding steroid dienone is 1. The van der Waals surface area contributed by atoms with E-state index >= 15 is 0 Å².